The summed E-state index contributed by atoms with van der Waals surface area (Å²) in [6.45, 7) is 5.59. The van der Waals surface area contributed by atoms with Gasteiger partial charge in [-0.3, -0.25) is 9.59 Å². The summed E-state index contributed by atoms with van der Waals surface area (Å²) >= 11 is 0. The highest BCUT2D eigenvalue weighted by molar-refractivity contribution is 5.81. The summed E-state index contributed by atoms with van der Waals surface area (Å²) in [6, 6.07) is 15.7. The molecule has 148 valence electrons. The lowest BCUT2D eigenvalue weighted by molar-refractivity contribution is -0.140. The molecule has 0 aliphatic rings. The van der Waals surface area contributed by atoms with Crippen molar-refractivity contribution in [2.24, 2.45) is 0 Å². The number of nitriles is 1. The van der Waals surface area contributed by atoms with Gasteiger partial charge in [0.15, 0.2) is 6.10 Å². The van der Waals surface area contributed by atoms with E-state index in [4.69, 9.17) is 10.00 Å². The number of benzene rings is 2. The molecule has 1 atom stereocenters. The van der Waals surface area contributed by atoms with E-state index in [2.05, 4.69) is 9.97 Å². The summed E-state index contributed by atoms with van der Waals surface area (Å²) < 4.78 is 5.75. The maximum absolute atomic E-state index is 13.0. The highest BCUT2D eigenvalue weighted by Crippen LogP contribution is 2.17. The maximum atomic E-state index is 13.0. The van der Waals surface area contributed by atoms with E-state index in [1.165, 1.54) is 0 Å². The van der Waals surface area contributed by atoms with Gasteiger partial charge in [0.05, 0.1) is 29.1 Å². The van der Waals surface area contributed by atoms with Crippen LogP contribution in [0, 0.1) is 11.3 Å². The van der Waals surface area contributed by atoms with E-state index in [0.29, 0.717) is 28.0 Å². The summed E-state index contributed by atoms with van der Waals surface area (Å²) in [4.78, 5) is 34.2. The Morgan fingerprint density at radius 3 is 2.69 bits per heavy atom. The number of fused-ring (bicyclic) bond motifs is 1. The normalized spacial score (nSPS) is 11.8. The Kier molecular flexibility index (Phi) is 5.93. The standard InChI is InChI=1S/C22H22N4O3/c1-14(2)26(13-20-24-19-10-5-4-9-18(19)21(27)25-20)22(28)15(3)29-17-8-6-7-16(11-17)12-23/h4-11,14-15H,13H2,1-3H3,(H,24,25,27). The first kappa shape index (κ1) is 20.1. The minimum atomic E-state index is -0.765. The van der Waals surface area contributed by atoms with Crippen LogP contribution in [-0.2, 0) is 11.3 Å². The van der Waals surface area contributed by atoms with Crippen molar-refractivity contribution >= 4 is 16.8 Å². The molecule has 1 heterocycles. The van der Waals surface area contributed by atoms with Gasteiger partial charge in [-0.05, 0) is 51.1 Å². The molecular formula is C22H22N4O3. The number of hydrogen-bond acceptors (Lipinski definition) is 5. The van der Waals surface area contributed by atoms with Crippen LogP contribution in [0.1, 0.15) is 32.2 Å². The van der Waals surface area contributed by atoms with Gasteiger partial charge in [0.2, 0.25) is 0 Å². The third kappa shape index (κ3) is 4.61. The van der Waals surface area contributed by atoms with Gasteiger partial charge in [0, 0.05) is 6.04 Å². The van der Waals surface area contributed by atoms with Crippen LogP contribution in [0.2, 0.25) is 0 Å². The molecule has 1 N–H and O–H groups in total. The molecule has 0 radical (unpaired) electrons. The highest BCUT2D eigenvalue weighted by Gasteiger charge is 2.25. The molecule has 0 saturated heterocycles. The Bertz CT molecular complexity index is 1130. The van der Waals surface area contributed by atoms with Crippen molar-refractivity contribution in [3.05, 3.63) is 70.3 Å². The Morgan fingerprint density at radius 2 is 1.97 bits per heavy atom. The number of nitrogens with one attached hydrogen (secondary N) is 1. The van der Waals surface area contributed by atoms with E-state index in [1.807, 2.05) is 26.0 Å². The lowest BCUT2D eigenvalue weighted by atomic mass is 10.2. The lowest BCUT2D eigenvalue weighted by Crippen LogP contribution is -2.44. The molecule has 29 heavy (non-hydrogen) atoms. The number of nitrogens with zero attached hydrogens (tertiary/aromatic N) is 3. The number of aromatic amines is 1. The molecule has 0 aliphatic heterocycles. The molecule has 3 aromatic rings. The number of carbonyl (C=O) groups is 1. The monoisotopic (exact) mass is 390 g/mol. The molecule has 7 nitrogen and oxygen atoms in total. The first-order valence-corrected chi connectivity index (χ1v) is 9.34. The molecule has 0 fully saturated rings. The van der Waals surface area contributed by atoms with Crippen LogP contribution in [0.15, 0.2) is 53.3 Å². The fourth-order valence-corrected chi connectivity index (χ4v) is 3.01. The van der Waals surface area contributed by atoms with E-state index < -0.39 is 6.10 Å². The maximum Gasteiger partial charge on any atom is 0.263 e. The zero-order valence-corrected chi connectivity index (χ0v) is 16.5. The number of ether oxygens (including phenoxy) is 1. The zero-order chi connectivity index (χ0) is 21.0. The summed E-state index contributed by atoms with van der Waals surface area (Å²) in [6.07, 6.45) is -0.765. The SMILES string of the molecule is CC(Oc1cccc(C#N)c1)C(=O)N(Cc1nc2ccccc2c(=O)[nH]1)C(C)C. The van der Waals surface area contributed by atoms with E-state index >= 15 is 0 Å². The number of hydrogen-bond donors (Lipinski definition) is 1. The minimum Gasteiger partial charge on any atom is -0.481 e. The third-order valence-electron chi connectivity index (χ3n) is 4.51. The lowest BCUT2D eigenvalue weighted by Gasteiger charge is -2.29. The quantitative estimate of drug-likeness (QED) is 0.697. The molecule has 7 heteroatoms. The van der Waals surface area contributed by atoms with Gasteiger partial charge in [0.25, 0.3) is 11.5 Å². The molecule has 2 aromatic carbocycles. The fourth-order valence-electron chi connectivity index (χ4n) is 3.01. The summed E-state index contributed by atoms with van der Waals surface area (Å²) in [5.74, 6) is 0.624. The molecule has 1 unspecified atom stereocenters. The van der Waals surface area contributed by atoms with E-state index in [9.17, 15) is 9.59 Å². The topological polar surface area (TPSA) is 99.1 Å². The van der Waals surface area contributed by atoms with Crippen molar-refractivity contribution in [2.45, 2.75) is 39.5 Å². The van der Waals surface area contributed by atoms with Gasteiger partial charge >= 0.3 is 0 Å². The average Bonchev–Trinajstić information content (AvgIpc) is 2.71. The summed E-state index contributed by atoms with van der Waals surface area (Å²) in [5, 5.41) is 9.52. The van der Waals surface area contributed by atoms with Crippen LogP contribution in [0.25, 0.3) is 10.9 Å². The predicted octanol–water partition coefficient (Wildman–Crippen LogP) is 3.00. The number of para-hydroxylation sites is 1. The first-order valence-electron chi connectivity index (χ1n) is 9.34. The molecular weight excluding hydrogens is 368 g/mol. The highest BCUT2D eigenvalue weighted by atomic mass is 16.5. The van der Waals surface area contributed by atoms with Gasteiger partial charge < -0.3 is 14.6 Å². The van der Waals surface area contributed by atoms with Crippen LogP contribution in [0.3, 0.4) is 0 Å². The first-order chi connectivity index (χ1) is 13.9. The van der Waals surface area contributed by atoms with Crippen LogP contribution in [-0.4, -0.2) is 32.9 Å². The second-order valence-electron chi connectivity index (χ2n) is 6.99. The molecule has 1 amide bonds. The molecule has 0 spiro atoms. The van der Waals surface area contributed by atoms with Crippen molar-refractivity contribution in [1.82, 2.24) is 14.9 Å². The van der Waals surface area contributed by atoms with Gasteiger partial charge in [-0.2, -0.15) is 5.26 Å². The van der Waals surface area contributed by atoms with Gasteiger partial charge in [-0.15, -0.1) is 0 Å². The second kappa shape index (κ2) is 8.57. The van der Waals surface area contributed by atoms with Crippen molar-refractivity contribution in [1.29, 1.82) is 5.26 Å². The number of aromatic nitrogens is 2. The molecule has 0 saturated carbocycles. The van der Waals surface area contributed by atoms with E-state index in [-0.39, 0.29) is 24.1 Å². The Morgan fingerprint density at radius 1 is 1.21 bits per heavy atom. The Labute approximate surface area is 168 Å². The number of H-pyrrole nitrogens is 1. The smallest absolute Gasteiger partial charge is 0.263 e. The van der Waals surface area contributed by atoms with E-state index in [0.717, 1.165) is 0 Å². The van der Waals surface area contributed by atoms with Crippen molar-refractivity contribution in [3.63, 3.8) is 0 Å². The van der Waals surface area contributed by atoms with Gasteiger partial charge in [-0.25, -0.2) is 4.98 Å². The van der Waals surface area contributed by atoms with Gasteiger partial charge in [0.1, 0.15) is 11.6 Å². The summed E-state index contributed by atoms with van der Waals surface area (Å²) in [5.41, 5.74) is 0.806. The predicted molar refractivity (Wildman–Crippen MR) is 109 cm³/mol. The second-order valence-corrected chi connectivity index (χ2v) is 6.99. The van der Waals surface area contributed by atoms with Crippen LogP contribution < -0.4 is 10.3 Å². The Hall–Kier alpha value is -3.66. The Balaban J connectivity index is 1.81. The van der Waals surface area contributed by atoms with Crippen molar-refractivity contribution < 1.29 is 9.53 Å². The van der Waals surface area contributed by atoms with E-state index in [1.54, 1.807) is 54.3 Å². The molecule has 1 aromatic heterocycles. The molecule has 0 bridgehead atoms. The molecule has 3 rings (SSSR count). The van der Waals surface area contributed by atoms with Crippen LogP contribution in [0.4, 0.5) is 0 Å². The van der Waals surface area contributed by atoms with Crippen LogP contribution in [0.5, 0.6) is 5.75 Å². The van der Waals surface area contributed by atoms with Gasteiger partial charge in [-0.1, -0.05) is 18.2 Å². The average molecular weight is 390 g/mol. The summed E-state index contributed by atoms with van der Waals surface area (Å²) in [7, 11) is 0. The number of amides is 1. The van der Waals surface area contributed by atoms with Crippen molar-refractivity contribution in [3.8, 4) is 11.8 Å². The zero-order valence-electron chi connectivity index (χ0n) is 16.5. The number of carbonyl (C=O) groups excluding carboxylic acids is 1. The molecule has 0 aliphatic carbocycles. The number of rotatable bonds is 6. The van der Waals surface area contributed by atoms with Crippen molar-refractivity contribution in [2.75, 3.05) is 0 Å². The largest absolute Gasteiger partial charge is 0.481 e. The van der Waals surface area contributed by atoms with Crippen LogP contribution >= 0.6 is 0 Å². The third-order valence-corrected chi connectivity index (χ3v) is 4.51. The minimum absolute atomic E-state index is 0.129. The fraction of sp³-hybridized carbons (Fsp3) is 0.273.